The van der Waals surface area contributed by atoms with Gasteiger partial charge in [0.15, 0.2) is 10.9 Å². The molecule has 9 heteroatoms. The first kappa shape index (κ1) is 23.8. The van der Waals surface area contributed by atoms with Gasteiger partial charge in [-0.3, -0.25) is 0 Å². The molecule has 2 heterocycles. The molecule has 8 nitrogen and oxygen atoms in total. The van der Waals surface area contributed by atoms with Crippen LogP contribution < -0.4 is 14.6 Å². The minimum absolute atomic E-state index is 0.0548. The summed E-state index contributed by atoms with van der Waals surface area (Å²) in [6.07, 6.45) is 5.94. The number of nitrogens with zero attached hydrogens (tertiary/aromatic N) is 2. The zero-order valence-corrected chi connectivity index (χ0v) is 19.2. The molecule has 0 bridgehead atoms. The summed E-state index contributed by atoms with van der Waals surface area (Å²) in [5.74, 6) is 1.74. The van der Waals surface area contributed by atoms with Crippen LogP contribution in [0.25, 0.3) is 0 Å². The van der Waals surface area contributed by atoms with Gasteiger partial charge in [0, 0.05) is 25.6 Å². The van der Waals surface area contributed by atoms with Gasteiger partial charge in [0.25, 0.3) is 0 Å². The molecular weight excluding hydrogens is 430 g/mol. The van der Waals surface area contributed by atoms with Gasteiger partial charge in [-0.15, -0.1) is 0 Å². The number of ether oxygens (including phenoxy) is 3. The Kier molecular flexibility index (Phi) is 8.66. The van der Waals surface area contributed by atoms with Crippen molar-refractivity contribution >= 4 is 10.9 Å². The average molecular weight is 460 g/mol. The Hall–Kier alpha value is -2.88. The molecular formula is C23H29N3O5S. The van der Waals surface area contributed by atoms with Crippen LogP contribution in [-0.4, -0.2) is 39.0 Å². The van der Waals surface area contributed by atoms with Crippen LogP contribution in [0.1, 0.15) is 41.5 Å². The summed E-state index contributed by atoms with van der Waals surface area (Å²) < 4.78 is 36.0. The lowest BCUT2D eigenvalue weighted by Crippen LogP contribution is -2.08. The molecule has 0 spiro atoms. The first-order chi connectivity index (χ1) is 15.5. The second kappa shape index (κ2) is 11.7. The van der Waals surface area contributed by atoms with Crippen molar-refractivity contribution in [3.63, 3.8) is 0 Å². The molecule has 2 N–H and O–H groups in total. The zero-order chi connectivity index (χ0) is 22.9. The van der Waals surface area contributed by atoms with Crippen LogP contribution in [0.4, 0.5) is 0 Å². The first-order valence-corrected chi connectivity index (χ1v) is 11.6. The van der Waals surface area contributed by atoms with Crippen LogP contribution in [-0.2, 0) is 28.5 Å². The van der Waals surface area contributed by atoms with E-state index in [1.54, 1.807) is 14.2 Å². The highest BCUT2D eigenvalue weighted by molar-refractivity contribution is 7.69. The Morgan fingerprint density at radius 1 is 1.00 bits per heavy atom. The quantitative estimate of drug-likeness (QED) is 0.527. The van der Waals surface area contributed by atoms with Crippen molar-refractivity contribution in [1.82, 2.24) is 9.78 Å². The molecule has 0 amide bonds. The monoisotopic (exact) mass is 459 g/mol. The van der Waals surface area contributed by atoms with Gasteiger partial charge in [0.2, 0.25) is 0 Å². The first-order valence-electron chi connectivity index (χ1n) is 10.3. The van der Waals surface area contributed by atoms with Gasteiger partial charge in [-0.2, -0.15) is 5.10 Å². The number of rotatable bonds is 7. The third kappa shape index (κ3) is 6.81. The van der Waals surface area contributed by atoms with Gasteiger partial charge >= 0.3 is 0 Å². The van der Waals surface area contributed by atoms with E-state index in [2.05, 4.69) is 35.6 Å². The highest BCUT2D eigenvalue weighted by Crippen LogP contribution is 2.26. The lowest BCUT2D eigenvalue weighted by molar-refractivity contribution is 0.0464. The second-order valence-corrected chi connectivity index (χ2v) is 7.95. The summed E-state index contributed by atoms with van der Waals surface area (Å²) in [5.41, 5.74) is 4.78. The average Bonchev–Trinajstić information content (AvgIpc) is 3.45. The molecule has 0 saturated carbocycles. The van der Waals surface area contributed by atoms with Gasteiger partial charge in [0.05, 0.1) is 19.9 Å². The predicted octanol–water partition coefficient (Wildman–Crippen LogP) is 2.86. The molecule has 1 atom stereocenters. The number of aromatic nitrogens is 2. The minimum Gasteiger partial charge on any atom is -0.497 e. The summed E-state index contributed by atoms with van der Waals surface area (Å²) in [5, 5.41) is 8.96. The summed E-state index contributed by atoms with van der Waals surface area (Å²) in [7, 11) is 0.753. The summed E-state index contributed by atoms with van der Waals surface area (Å²) in [6.45, 7) is 0.812. The van der Waals surface area contributed by atoms with Crippen molar-refractivity contribution in [2.45, 2.75) is 31.9 Å². The van der Waals surface area contributed by atoms with Gasteiger partial charge in [-0.25, -0.2) is 18.2 Å². The number of nitrogens with two attached hydrogens (primary N) is 1. The van der Waals surface area contributed by atoms with Crippen LogP contribution in [0, 0.1) is 0 Å². The van der Waals surface area contributed by atoms with E-state index in [1.165, 1.54) is 16.7 Å². The lowest BCUT2D eigenvalue weighted by atomic mass is 10.0. The topological polar surface area (TPSA) is 106 Å². The van der Waals surface area contributed by atoms with Gasteiger partial charge in [-0.1, -0.05) is 24.3 Å². The molecule has 4 rings (SSSR count). The van der Waals surface area contributed by atoms with E-state index in [0.717, 1.165) is 49.5 Å². The number of methoxy groups -OCH3 is 2. The standard InChI is InChI=1S/C23H26N2O3.H3NO2S/c1-26-20-9-5-17(6-10-20)14-19-16-25(23-4-3-13-28-23)24-22(19)15-18-7-11-21(27-2)12-8-18;1-4(2)3/h5-12,16,23H,3-4,13-15H2,1-2H3;4H,(H2,1,2,3). The van der Waals surface area contributed by atoms with E-state index in [1.807, 2.05) is 28.9 Å². The van der Waals surface area contributed by atoms with E-state index >= 15 is 0 Å². The molecule has 2 aromatic carbocycles. The van der Waals surface area contributed by atoms with Crippen molar-refractivity contribution in [1.29, 1.82) is 0 Å². The van der Waals surface area contributed by atoms with Gasteiger partial charge in [0.1, 0.15) is 17.7 Å². The Labute approximate surface area is 190 Å². The van der Waals surface area contributed by atoms with E-state index in [0.29, 0.717) is 0 Å². The van der Waals surface area contributed by atoms with E-state index in [9.17, 15) is 0 Å². The number of thiol groups is 1. The lowest BCUT2D eigenvalue weighted by Gasteiger charge is -2.09. The Balaban J connectivity index is 0.000000668. The molecule has 1 aliphatic heterocycles. The molecule has 1 saturated heterocycles. The molecule has 32 heavy (non-hydrogen) atoms. The Morgan fingerprint density at radius 3 is 2.00 bits per heavy atom. The SMILES string of the molecule is COc1ccc(Cc2cn(C3CCCO3)nc2Cc2ccc(OC)cc2)cc1.N[SH](=O)=O. The fourth-order valence-corrected chi connectivity index (χ4v) is 3.58. The fourth-order valence-electron chi connectivity index (χ4n) is 3.58. The van der Waals surface area contributed by atoms with Crippen LogP contribution in [0.2, 0.25) is 0 Å². The third-order valence-corrected chi connectivity index (χ3v) is 5.18. The van der Waals surface area contributed by atoms with Crippen molar-refractivity contribution in [2.75, 3.05) is 20.8 Å². The molecule has 0 radical (unpaired) electrons. The summed E-state index contributed by atoms with van der Waals surface area (Å²) >= 11 is 0. The molecule has 1 aromatic heterocycles. The molecule has 172 valence electrons. The maximum absolute atomic E-state index is 8.81. The zero-order valence-electron chi connectivity index (χ0n) is 18.3. The summed E-state index contributed by atoms with van der Waals surface area (Å²) in [4.78, 5) is 0. The second-order valence-electron chi connectivity index (χ2n) is 7.38. The van der Waals surface area contributed by atoms with E-state index in [-0.39, 0.29) is 6.23 Å². The Bertz CT molecular complexity index is 981. The maximum atomic E-state index is 8.81. The summed E-state index contributed by atoms with van der Waals surface area (Å²) in [6, 6.07) is 16.4. The molecule has 0 aliphatic carbocycles. The van der Waals surface area contributed by atoms with Crippen molar-refractivity contribution in [3.05, 3.63) is 77.1 Å². The van der Waals surface area contributed by atoms with Crippen molar-refractivity contribution < 1.29 is 22.6 Å². The highest BCUT2D eigenvalue weighted by Gasteiger charge is 2.20. The van der Waals surface area contributed by atoms with Crippen LogP contribution in [0.3, 0.4) is 0 Å². The van der Waals surface area contributed by atoms with Crippen molar-refractivity contribution in [2.24, 2.45) is 5.14 Å². The molecule has 1 aliphatic rings. The smallest absolute Gasteiger partial charge is 0.198 e. The molecule has 3 aromatic rings. The van der Waals surface area contributed by atoms with E-state index < -0.39 is 10.9 Å². The molecule has 1 fully saturated rings. The molecule has 1 unspecified atom stereocenters. The highest BCUT2D eigenvalue weighted by atomic mass is 32.2. The minimum atomic E-state index is -2.62. The van der Waals surface area contributed by atoms with Crippen LogP contribution in [0.5, 0.6) is 11.5 Å². The number of benzene rings is 2. The number of hydrogen-bond acceptors (Lipinski definition) is 6. The Morgan fingerprint density at radius 2 is 1.53 bits per heavy atom. The van der Waals surface area contributed by atoms with Gasteiger partial charge < -0.3 is 14.2 Å². The fraction of sp³-hybridized carbons (Fsp3) is 0.348. The third-order valence-electron chi connectivity index (χ3n) is 5.18. The van der Waals surface area contributed by atoms with E-state index in [4.69, 9.17) is 27.7 Å². The predicted molar refractivity (Wildman–Crippen MR) is 123 cm³/mol. The van der Waals surface area contributed by atoms with Crippen LogP contribution >= 0.6 is 0 Å². The number of hydrogen-bond donors (Lipinski definition) is 2. The maximum Gasteiger partial charge on any atom is 0.198 e. The van der Waals surface area contributed by atoms with Gasteiger partial charge in [-0.05, 0) is 53.8 Å². The van der Waals surface area contributed by atoms with Crippen LogP contribution in [0.15, 0.2) is 54.7 Å². The van der Waals surface area contributed by atoms with Crippen molar-refractivity contribution in [3.8, 4) is 11.5 Å². The largest absolute Gasteiger partial charge is 0.497 e. The normalized spacial score (nSPS) is 15.3.